The number of carbonyl (C=O) groups is 1. The molecule has 2 aromatic carbocycles. The largest absolute Gasteiger partial charge is 0.365 e. The highest BCUT2D eigenvalue weighted by molar-refractivity contribution is 5.81. The lowest BCUT2D eigenvalue weighted by atomic mass is 10.1. The molecule has 2 rings (SSSR count). The fourth-order valence-corrected chi connectivity index (χ4v) is 2.51. The van der Waals surface area contributed by atoms with Crippen LogP contribution in [-0.4, -0.2) is 45.0 Å². The fraction of sp³-hybridized carbons (Fsp3) is 0.316. The number of para-hydroxylation sites is 1. The summed E-state index contributed by atoms with van der Waals surface area (Å²) >= 11 is 0. The second kappa shape index (κ2) is 8.34. The van der Waals surface area contributed by atoms with Crippen LogP contribution in [0.2, 0.25) is 0 Å². The van der Waals surface area contributed by atoms with Crippen LogP contribution in [0.3, 0.4) is 0 Å². The van der Waals surface area contributed by atoms with Crippen molar-refractivity contribution >= 4 is 11.6 Å². The normalized spacial score (nSPS) is 12.0. The summed E-state index contributed by atoms with van der Waals surface area (Å²) in [6.45, 7) is 1.10. The SMILES string of the molecule is CN(C)CC(NC(=O)CN(C)c1ccccc1)c1ccccc1. The van der Waals surface area contributed by atoms with Crippen molar-refractivity contribution in [3.8, 4) is 0 Å². The predicted molar refractivity (Wildman–Crippen MR) is 95.6 cm³/mol. The van der Waals surface area contributed by atoms with Gasteiger partial charge in [-0.15, -0.1) is 0 Å². The van der Waals surface area contributed by atoms with Crippen LogP contribution in [-0.2, 0) is 4.79 Å². The molecule has 4 heteroatoms. The summed E-state index contributed by atoms with van der Waals surface area (Å²) < 4.78 is 0. The molecule has 0 radical (unpaired) electrons. The van der Waals surface area contributed by atoms with Crippen molar-refractivity contribution in [1.29, 1.82) is 0 Å². The van der Waals surface area contributed by atoms with Crippen LogP contribution in [0.4, 0.5) is 5.69 Å². The Morgan fingerprint density at radius 2 is 1.52 bits per heavy atom. The van der Waals surface area contributed by atoms with Crippen LogP contribution in [0.5, 0.6) is 0 Å². The van der Waals surface area contributed by atoms with Crippen LogP contribution >= 0.6 is 0 Å². The van der Waals surface area contributed by atoms with Gasteiger partial charge in [-0.2, -0.15) is 0 Å². The molecule has 0 aliphatic heterocycles. The van der Waals surface area contributed by atoms with Gasteiger partial charge in [-0.25, -0.2) is 0 Å². The monoisotopic (exact) mass is 311 g/mol. The third-order valence-corrected chi connectivity index (χ3v) is 3.66. The number of amides is 1. The van der Waals surface area contributed by atoms with E-state index in [1.165, 1.54) is 0 Å². The molecular weight excluding hydrogens is 286 g/mol. The van der Waals surface area contributed by atoms with Gasteiger partial charge in [0.1, 0.15) is 0 Å². The predicted octanol–water partition coefficient (Wildman–Crippen LogP) is 2.54. The van der Waals surface area contributed by atoms with Gasteiger partial charge in [-0.1, -0.05) is 48.5 Å². The van der Waals surface area contributed by atoms with Gasteiger partial charge >= 0.3 is 0 Å². The minimum absolute atomic E-state index is 0.0112. The number of likely N-dealkylation sites (N-methyl/N-ethyl adjacent to an activating group) is 2. The van der Waals surface area contributed by atoms with Gasteiger partial charge in [0.2, 0.25) is 5.91 Å². The number of benzene rings is 2. The van der Waals surface area contributed by atoms with Crippen molar-refractivity contribution in [3.05, 3.63) is 66.2 Å². The number of nitrogens with one attached hydrogen (secondary N) is 1. The maximum atomic E-state index is 12.4. The second-order valence-electron chi connectivity index (χ2n) is 5.98. The van der Waals surface area contributed by atoms with E-state index >= 15 is 0 Å². The lowest BCUT2D eigenvalue weighted by molar-refractivity contribution is -0.120. The van der Waals surface area contributed by atoms with Gasteiger partial charge in [-0.3, -0.25) is 4.79 Å². The third kappa shape index (κ3) is 5.42. The second-order valence-corrected chi connectivity index (χ2v) is 5.98. The number of nitrogens with zero attached hydrogens (tertiary/aromatic N) is 2. The summed E-state index contributed by atoms with van der Waals surface area (Å²) in [5.74, 6) is 0.0204. The highest BCUT2D eigenvalue weighted by atomic mass is 16.2. The molecule has 2 aromatic rings. The molecule has 1 unspecified atom stereocenters. The molecule has 0 fully saturated rings. The number of rotatable bonds is 7. The summed E-state index contributed by atoms with van der Waals surface area (Å²) in [5.41, 5.74) is 2.16. The van der Waals surface area contributed by atoms with Crippen molar-refractivity contribution in [1.82, 2.24) is 10.2 Å². The molecule has 1 atom stereocenters. The molecule has 0 aliphatic rings. The average Bonchev–Trinajstić information content (AvgIpc) is 2.55. The highest BCUT2D eigenvalue weighted by Crippen LogP contribution is 2.14. The van der Waals surface area contributed by atoms with E-state index in [2.05, 4.69) is 22.3 Å². The van der Waals surface area contributed by atoms with Gasteiger partial charge in [0.15, 0.2) is 0 Å². The first kappa shape index (κ1) is 17.0. The van der Waals surface area contributed by atoms with E-state index in [-0.39, 0.29) is 11.9 Å². The quantitative estimate of drug-likeness (QED) is 0.853. The highest BCUT2D eigenvalue weighted by Gasteiger charge is 2.16. The molecule has 0 spiro atoms. The summed E-state index contributed by atoms with van der Waals surface area (Å²) in [6.07, 6.45) is 0. The molecule has 0 aromatic heterocycles. The van der Waals surface area contributed by atoms with Crippen LogP contribution in [0, 0.1) is 0 Å². The summed E-state index contributed by atoms with van der Waals surface area (Å²) in [5, 5.41) is 3.14. The van der Waals surface area contributed by atoms with E-state index < -0.39 is 0 Å². The Morgan fingerprint density at radius 1 is 0.957 bits per heavy atom. The lowest BCUT2D eigenvalue weighted by Gasteiger charge is -2.25. The average molecular weight is 311 g/mol. The van der Waals surface area contributed by atoms with E-state index in [0.29, 0.717) is 6.54 Å². The third-order valence-electron chi connectivity index (χ3n) is 3.66. The van der Waals surface area contributed by atoms with Crippen LogP contribution in [0.15, 0.2) is 60.7 Å². The van der Waals surface area contributed by atoms with Crippen LogP contribution in [0.1, 0.15) is 11.6 Å². The molecule has 1 N–H and O–H groups in total. The molecule has 0 bridgehead atoms. The van der Waals surface area contributed by atoms with Gasteiger partial charge in [0.25, 0.3) is 0 Å². The Morgan fingerprint density at radius 3 is 2.09 bits per heavy atom. The standard InChI is InChI=1S/C19H25N3O/c1-21(2)14-18(16-10-6-4-7-11-16)20-19(23)15-22(3)17-12-8-5-9-13-17/h4-13,18H,14-15H2,1-3H3,(H,20,23). The minimum Gasteiger partial charge on any atom is -0.365 e. The first-order valence-corrected chi connectivity index (χ1v) is 7.81. The van der Waals surface area contributed by atoms with E-state index in [9.17, 15) is 4.79 Å². The molecule has 0 saturated heterocycles. The van der Waals surface area contributed by atoms with E-state index in [1.807, 2.05) is 74.6 Å². The maximum Gasteiger partial charge on any atom is 0.240 e. The van der Waals surface area contributed by atoms with Gasteiger partial charge in [-0.05, 0) is 31.8 Å². The number of anilines is 1. The Labute approximate surface area is 138 Å². The van der Waals surface area contributed by atoms with Gasteiger partial charge in [0.05, 0.1) is 12.6 Å². The fourth-order valence-electron chi connectivity index (χ4n) is 2.51. The first-order valence-electron chi connectivity index (χ1n) is 7.81. The number of hydrogen-bond acceptors (Lipinski definition) is 3. The molecule has 1 amide bonds. The molecule has 4 nitrogen and oxygen atoms in total. The van der Waals surface area contributed by atoms with Crippen LogP contribution < -0.4 is 10.2 Å². The van der Waals surface area contributed by atoms with Crippen molar-refractivity contribution in [2.45, 2.75) is 6.04 Å². The molecular formula is C19H25N3O. The molecule has 0 saturated carbocycles. The maximum absolute atomic E-state index is 12.4. The zero-order chi connectivity index (χ0) is 16.7. The topological polar surface area (TPSA) is 35.6 Å². The molecule has 23 heavy (non-hydrogen) atoms. The van der Waals surface area contributed by atoms with Crippen molar-refractivity contribution in [2.75, 3.05) is 39.1 Å². The number of hydrogen-bond donors (Lipinski definition) is 1. The van der Waals surface area contributed by atoms with Gasteiger partial charge < -0.3 is 15.1 Å². The Hall–Kier alpha value is -2.33. The molecule has 0 heterocycles. The van der Waals surface area contributed by atoms with E-state index in [1.54, 1.807) is 0 Å². The molecule has 122 valence electrons. The Balaban J connectivity index is 2.00. The lowest BCUT2D eigenvalue weighted by Crippen LogP contribution is -2.40. The minimum atomic E-state index is -0.0112. The zero-order valence-electron chi connectivity index (χ0n) is 14.1. The van der Waals surface area contributed by atoms with Crippen molar-refractivity contribution in [3.63, 3.8) is 0 Å². The van der Waals surface area contributed by atoms with Crippen LogP contribution in [0.25, 0.3) is 0 Å². The zero-order valence-corrected chi connectivity index (χ0v) is 14.1. The van der Waals surface area contributed by atoms with Gasteiger partial charge in [0, 0.05) is 19.3 Å². The Bertz CT molecular complexity index is 599. The van der Waals surface area contributed by atoms with Crippen molar-refractivity contribution < 1.29 is 4.79 Å². The number of carbonyl (C=O) groups excluding carboxylic acids is 1. The summed E-state index contributed by atoms with van der Waals surface area (Å²) in [7, 11) is 5.95. The summed E-state index contributed by atoms with van der Waals surface area (Å²) in [4.78, 5) is 16.5. The Kier molecular flexibility index (Phi) is 6.18. The van der Waals surface area contributed by atoms with E-state index in [0.717, 1.165) is 17.8 Å². The smallest absolute Gasteiger partial charge is 0.240 e. The van der Waals surface area contributed by atoms with Crippen molar-refractivity contribution in [2.24, 2.45) is 0 Å². The first-order chi connectivity index (χ1) is 11.1. The summed E-state index contributed by atoms with van der Waals surface area (Å²) in [6, 6.07) is 20.0. The molecule has 0 aliphatic carbocycles. The van der Waals surface area contributed by atoms with E-state index in [4.69, 9.17) is 0 Å².